The summed E-state index contributed by atoms with van der Waals surface area (Å²) in [5.74, 6) is 1.58. The van der Waals surface area contributed by atoms with Crippen molar-refractivity contribution in [3.05, 3.63) is 11.8 Å². The maximum absolute atomic E-state index is 4.41. The maximum Gasteiger partial charge on any atom is 0.124 e. The van der Waals surface area contributed by atoms with E-state index in [2.05, 4.69) is 40.4 Å². The average Bonchev–Trinajstić information content (AvgIpc) is 2.78. The van der Waals surface area contributed by atoms with Gasteiger partial charge >= 0.3 is 0 Å². The molecule has 0 aromatic rings. The minimum absolute atomic E-state index is 0.499. The number of nitrogens with one attached hydrogen (secondary N) is 2. The van der Waals surface area contributed by atoms with Crippen molar-refractivity contribution in [2.24, 2.45) is 10.9 Å². The first kappa shape index (κ1) is 14.0. The number of likely N-dealkylation sites (N-methyl/N-ethyl adjacent to an activating group) is 1. The second-order valence-electron chi connectivity index (χ2n) is 4.81. The van der Waals surface area contributed by atoms with Crippen LogP contribution < -0.4 is 10.6 Å². The van der Waals surface area contributed by atoms with Crippen LogP contribution in [-0.4, -0.2) is 51.0 Å². The van der Waals surface area contributed by atoms with Gasteiger partial charge in [-0.3, -0.25) is 4.99 Å². The highest BCUT2D eigenvalue weighted by Crippen LogP contribution is 2.12. The van der Waals surface area contributed by atoms with Gasteiger partial charge in [-0.05, 0) is 25.5 Å². The summed E-state index contributed by atoms with van der Waals surface area (Å²) in [6.07, 6.45) is 3.36. The number of nitrogens with zero attached hydrogens (tertiary/aromatic N) is 2. The van der Waals surface area contributed by atoms with Crippen LogP contribution in [0.4, 0.5) is 0 Å². The second-order valence-corrected chi connectivity index (χ2v) is 4.81. The van der Waals surface area contributed by atoms with Gasteiger partial charge in [0, 0.05) is 38.9 Å². The molecule has 0 aromatic heterocycles. The molecule has 1 atom stereocenters. The second kappa shape index (κ2) is 6.64. The van der Waals surface area contributed by atoms with E-state index in [1.165, 1.54) is 12.1 Å². The van der Waals surface area contributed by atoms with E-state index in [0.29, 0.717) is 12.0 Å². The van der Waals surface area contributed by atoms with Crippen molar-refractivity contribution in [2.45, 2.75) is 26.3 Å². The van der Waals surface area contributed by atoms with Crippen LogP contribution in [-0.2, 0) is 0 Å². The van der Waals surface area contributed by atoms with E-state index in [4.69, 9.17) is 0 Å². The molecule has 0 bridgehead atoms. The number of likely N-dealkylation sites (tertiary alicyclic amines) is 1. The smallest absolute Gasteiger partial charge is 0.124 e. The Morgan fingerprint density at radius 3 is 2.53 bits per heavy atom. The van der Waals surface area contributed by atoms with Crippen molar-refractivity contribution in [1.29, 1.82) is 0 Å². The number of hydrogen-bond donors (Lipinski definition) is 2. The fraction of sp³-hybridized carbons (Fsp3) is 0.769. The molecule has 4 nitrogen and oxygen atoms in total. The van der Waals surface area contributed by atoms with Crippen molar-refractivity contribution in [3.8, 4) is 0 Å². The highest BCUT2D eigenvalue weighted by atomic mass is 15.2. The van der Waals surface area contributed by atoms with E-state index in [9.17, 15) is 0 Å². The van der Waals surface area contributed by atoms with Gasteiger partial charge in [-0.25, -0.2) is 0 Å². The highest BCUT2D eigenvalue weighted by molar-refractivity contribution is 5.93. The molecule has 17 heavy (non-hydrogen) atoms. The van der Waals surface area contributed by atoms with Crippen LogP contribution in [0.2, 0.25) is 0 Å². The Bertz CT molecular complexity index is 294. The minimum atomic E-state index is 0.499. The van der Waals surface area contributed by atoms with Gasteiger partial charge in [0.1, 0.15) is 5.84 Å². The molecule has 1 saturated heterocycles. The van der Waals surface area contributed by atoms with Gasteiger partial charge in [-0.2, -0.15) is 0 Å². The summed E-state index contributed by atoms with van der Waals surface area (Å²) >= 11 is 0. The molecule has 0 amide bonds. The van der Waals surface area contributed by atoms with Gasteiger partial charge < -0.3 is 15.5 Å². The Kier molecular flexibility index (Phi) is 5.48. The third-order valence-electron chi connectivity index (χ3n) is 3.34. The quantitative estimate of drug-likeness (QED) is 0.568. The third-order valence-corrected chi connectivity index (χ3v) is 3.34. The fourth-order valence-corrected chi connectivity index (χ4v) is 2.17. The molecule has 98 valence electrons. The number of aliphatic imine (C=N–C) groups is 1. The summed E-state index contributed by atoms with van der Waals surface area (Å²) in [6.45, 7) is 6.52. The molecule has 1 aliphatic rings. The lowest BCUT2D eigenvalue weighted by atomic mass is 10.1. The molecule has 0 aromatic carbocycles. The van der Waals surface area contributed by atoms with Crippen molar-refractivity contribution in [2.75, 3.05) is 34.2 Å². The summed E-state index contributed by atoms with van der Waals surface area (Å²) in [5, 5.41) is 6.58. The molecule has 0 aliphatic carbocycles. The van der Waals surface area contributed by atoms with Gasteiger partial charge in [0.15, 0.2) is 0 Å². The lowest BCUT2D eigenvalue weighted by Crippen LogP contribution is -2.33. The van der Waals surface area contributed by atoms with Crippen molar-refractivity contribution in [3.63, 3.8) is 0 Å². The van der Waals surface area contributed by atoms with E-state index in [1.807, 2.05) is 21.1 Å². The van der Waals surface area contributed by atoms with Gasteiger partial charge in [0.2, 0.25) is 0 Å². The molecule has 1 rings (SSSR count). The van der Waals surface area contributed by atoms with Gasteiger partial charge in [-0.1, -0.05) is 13.8 Å². The Morgan fingerprint density at radius 1 is 1.41 bits per heavy atom. The molecule has 0 saturated carbocycles. The van der Waals surface area contributed by atoms with Gasteiger partial charge in [0.05, 0.1) is 0 Å². The Labute approximate surface area is 105 Å². The summed E-state index contributed by atoms with van der Waals surface area (Å²) in [6, 6.07) is 0.595. The predicted octanol–water partition coefficient (Wildman–Crippen LogP) is 1.07. The average molecular weight is 238 g/mol. The monoisotopic (exact) mass is 238 g/mol. The van der Waals surface area contributed by atoms with Crippen LogP contribution in [0.25, 0.3) is 0 Å². The number of rotatable bonds is 4. The van der Waals surface area contributed by atoms with Crippen LogP contribution in [0, 0.1) is 5.92 Å². The normalized spacial score (nSPS) is 22.5. The van der Waals surface area contributed by atoms with E-state index >= 15 is 0 Å². The van der Waals surface area contributed by atoms with E-state index in [-0.39, 0.29) is 0 Å². The van der Waals surface area contributed by atoms with Crippen LogP contribution in [0.3, 0.4) is 0 Å². The molecule has 0 unspecified atom stereocenters. The van der Waals surface area contributed by atoms with Crippen LogP contribution in [0.15, 0.2) is 16.8 Å². The van der Waals surface area contributed by atoms with Crippen molar-refractivity contribution >= 4 is 5.84 Å². The van der Waals surface area contributed by atoms with Gasteiger partial charge in [0.25, 0.3) is 0 Å². The van der Waals surface area contributed by atoms with E-state index in [0.717, 1.165) is 18.9 Å². The van der Waals surface area contributed by atoms with E-state index in [1.54, 1.807) is 0 Å². The SMILES string of the molecule is CN=C(C=C(NC)C(C)C)N1CC[C@H](NC)C1. The zero-order valence-electron chi connectivity index (χ0n) is 11.7. The van der Waals surface area contributed by atoms with Gasteiger partial charge in [-0.15, -0.1) is 0 Å². The topological polar surface area (TPSA) is 39.7 Å². The molecule has 0 radical (unpaired) electrons. The molecule has 2 N–H and O–H groups in total. The minimum Gasteiger partial charge on any atom is -0.391 e. The van der Waals surface area contributed by atoms with Crippen LogP contribution in [0.1, 0.15) is 20.3 Å². The molecule has 1 heterocycles. The molecule has 4 heteroatoms. The Morgan fingerprint density at radius 2 is 2.12 bits per heavy atom. The molecular weight excluding hydrogens is 212 g/mol. The maximum atomic E-state index is 4.41. The lowest BCUT2D eigenvalue weighted by Gasteiger charge is -2.20. The first-order valence-corrected chi connectivity index (χ1v) is 6.40. The van der Waals surface area contributed by atoms with Crippen LogP contribution in [0.5, 0.6) is 0 Å². The summed E-state index contributed by atoms with van der Waals surface area (Å²) < 4.78 is 0. The fourth-order valence-electron chi connectivity index (χ4n) is 2.17. The highest BCUT2D eigenvalue weighted by Gasteiger charge is 2.22. The van der Waals surface area contributed by atoms with Crippen molar-refractivity contribution < 1.29 is 0 Å². The Balaban J connectivity index is 2.73. The third kappa shape index (κ3) is 3.73. The number of amidine groups is 1. The number of allylic oxidation sites excluding steroid dienone is 1. The van der Waals surface area contributed by atoms with Crippen LogP contribution >= 0.6 is 0 Å². The lowest BCUT2D eigenvalue weighted by molar-refractivity contribution is 0.493. The first-order valence-electron chi connectivity index (χ1n) is 6.40. The molecule has 1 fully saturated rings. The zero-order chi connectivity index (χ0) is 12.8. The standard InChI is InChI=1S/C13H26N4/c1-10(2)12(15-4)8-13(16-5)17-7-6-11(9-17)14-3/h8,10-11,14-15H,6-7,9H2,1-5H3/t11-/m0/s1. The molecular formula is C13H26N4. The summed E-state index contributed by atoms with van der Waals surface area (Å²) in [7, 11) is 5.87. The number of hydrogen-bond acceptors (Lipinski definition) is 3. The predicted molar refractivity (Wildman–Crippen MR) is 74.4 cm³/mol. The summed E-state index contributed by atoms with van der Waals surface area (Å²) in [5.41, 5.74) is 1.23. The first-order chi connectivity index (χ1) is 8.12. The van der Waals surface area contributed by atoms with Crippen molar-refractivity contribution in [1.82, 2.24) is 15.5 Å². The molecule has 1 aliphatic heterocycles. The van der Waals surface area contributed by atoms with E-state index < -0.39 is 0 Å². The Hall–Kier alpha value is -1.03. The largest absolute Gasteiger partial charge is 0.391 e. The molecule has 0 spiro atoms. The zero-order valence-corrected chi connectivity index (χ0v) is 11.7. The summed E-state index contributed by atoms with van der Waals surface area (Å²) in [4.78, 5) is 6.76.